The molecule has 0 spiro atoms. The molecule has 0 amide bonds. The molecular formula is C15H20ClNO. The largest absolute Gasteiger partial charge is 0.330 e. The lowest BCUT2D eigenvalue weighted by molar-refractivity contribution is -0.123. The Labute approximate surface area is 114 Å². The maximum atomic E-state index is 12.3. The average Bonchev–Trinajstić information content (AvgIpc) is 2.81. The van der Waals surface area contributed by atoms with Crippen LogP contribution in [-0.2, 0) is 11.2 Å². The Morgan fingerprint density at radius 2 is 2.22 bits per heavy atom. The predicted octanol–water partition coefficient (Wildman–Crippen LogP) is 3.14. The fourth-order valence-corrected chi connectivity index (χ4v) is 3.16. The van der Waals surface area contributed by atoms with Gasteiger partial charge in [-0.25, -0.2) is 0 Å². The molecule has 0 radical (unpaired) electrons. The monoisotopic (exact) mass is 265 g/mol. The van der Waals surface area contributed by atoms with Gasteiger partial charge in [0.2, 0.25) is 0 Å². The SMILES string of the molecule is Cc1ccc(CC(=O)C2CCCC2CN)c(Cl)c1. The first kappa shape index (κ1) is 13.6. The van der Waals surface area contributed by atoms with Crippen molar-refractivity contribution in [3.8, 4) is 0 Å². The molecule has 1 fully saturated rings. The van der Waals surface area contributed by atoms with E-state index in [-0.39, 0.29) is 5.92 Å². The molecule has 0 aliphatic heterocycles. The van der Waals surface area contributed by atoms with Gasteiger partial charge in [-0.3, -0.25) is 4.79 Å². The van der Waals surface area contributed by atoms with Crippen molar-refractivity contribution < 1.29 is 4.79 Å². The van der Waals surface area contributed by atoms with Crippen LogP contribution in [-0.4, -0.2) is 12.3 Å². The molecule has 1 aliphatic rings. The average molecular weight is 266 g/mol. The minimum absolute atomic E-state index is 0.146. The summed E-state index contributed by atoms with van der Waals surface area (Å²) >= 11 is 6.17. The number of Topliss-reactive ketones (excluding diaryl/α,β-unsaturated/α-hetero) is 1. The third kappa shape index (κ3) is 2.93. The molecule has 0 heterocycles. The zero-order valence-corrected chi connectivity index (χ0v) is 11.5. The first-order valence-electron chi connectivity index (χ1n) is 6.59. The Hall–Kier alpha value is -0.860. The van der Waals surface area contributed by atoms with E-state index >= 15 is 0 Å². The Kier molecular flexibility index (Phi) is 4.41. The minimum atomic E-state index is 0.146. The van der Waals surface area contributed by atoms with Crippen LogP contribution in [0.1, 0.15) is 30.4 Å². The van der Waals surface area contributed by atoms with Crippen LogP contribution in [0.3, 0.4) is 0 Å². The van der Waals surface area contributed by atoms with Gasteiger partial charge in [-0.1, -0.05) is 30.2 Å². The number of aryl methyl sites for hydroxylation is 1. The summed E-state index contributed by atoms with van der Waals surface area (Å²) in [6.07, 6.45) is 3.65. The fourth-order valence-electron chi connectivity index (χ4n) is 2.86. The molecule has 0 aromatic heterocycles. The summed E-state index contributed by atoms with van der Waals surface area (Å²) in [6, 6.07) is 5.88. The van der Waals surface area contributed by atoms with Crippen LogP contribution < -0.4 is 5.73 Å². The number of nitrogens with two attached hydrogens (primary N) is 1. The summed E-state index contributed by atoms with van der Waals surface area (Å²) in [5.41, 5.74) is 7.79. The molecule has 1 aromatic carbocycles. The Bertz CT molecular complexity index is 444. The normalized spacial score (nSPS) is 23.3. The fraction of sp³-hybridized carbons (Fsp3) is 0.533. The van der Waals surface area contributed by atoms with Crippen molar-refractivity contribution in [2.75, 3.05) is 6.54 Å². The summed E-state index contributed by atoms with van der Waals surface area (Å²) in [5.74, 6) is 0.822. The van der Waals surface area contributed by atoms with Gasteiger partial charge in [0.15, 0.2) is 0 Å². The molecule has 18 heavy (non-hydrogen) atoms. The van der Waals surface area contributed by atoms with Gasteiger partial charge >= 0.3 is 0 Å². The molecule has 2 nitrogen and oxygen atoms in total. The number of ketones is 1. The molecule has 1 aliphatic carbocycles. The van der Waals surface area contributed by atoms with Gasteiger partial charge in [0.1, 0.15) is 5.78 Å². The molecule has 0 saturated heterocycles. The highest BCUT2D eigenvalue weighted by Gasteiger charge is 2.31. The van der Waals surface area contributed by atoms with Crippen LogP contribution in [0.5, 0.6) is 0 Å². The van der Waals surface area contributed by atoms with Crippen molar-refractivity contribution >= 4 is 17.4 Å². The number of hydrogen-bond acceptors (Lipinski definition) is 2. The molecule has 1 saturated carbocycles. The van der Waals surface area contributed by atoms with Crippen molar-refractivity contribution in [1.29, 1.82) is 0 Å². The lowest BCUT2D eigenvalue weighted by Gasteiger charge is -2.16. The van der Waals surface area contributed by atoms with Gasteiger partial charge in [-0.05, 0) is 49.4 Å². The molecule has 98 valence electrons. The van der Waals surface area contributed by atoms with E-state index in [4.69, 9.17) is 17.3 Å². The van der Waals surface area contributed by atoms with Crippen LogP contribution in [0.25, 0.3) is 0 Å². The number of hydrogen-bond donors (Lipinski definition) is 1. The second-order valence-corrected chi connectivity index (χ2v) is 5.68. The quantitative estimate of drug-likeness (QED) is 0.909. The first-order chi connectivity index (χ1) is 8.61. The molecule has 2 atom stereocenters. The van der Waals surface area contributed by atoms with Crippen molar-refractivity contribution in [2.24, 2.45) is 17.6 Å². The van der Waals surface area contributed by atoms with Crippen molar-refractivity contribution in [3.63, 3.8) is 0 Å². The van der Waals surface area contributed by atoms with Crippen molar-refractivity contribution in [2.45, 2.75) is 32.6 Å². The number of rotatable bonds is 4. The van der Waals surface area contributed by atoms with Crippen LogP contribution >= 0.6 is 11.6 Å². The molecule has 1 aromatic rings. The second-order valence-electron chi connectivity index (χ2n) is 5.27. The van der Waals surface area contributed by atoms with Gasteiger partial charge in [0, 0.05) is 17.4 Å². The molecule has 3 heteroatoms. The predicted molar refractivity (Wildman–Crippen MR) is 74.8 cm³/mol. The zero-order chi connectivity index (χ0) is 13.1. The van der Waals surface area contributed by atoms with Crippen LogP contribution in [0, 0.1) is 18.8 Å². The van der Waals surface area contributed by atoms with E-state index < -0.39 is 0 Å². The Balaban J connectivity index is 2.07. The van der Waals surface area contributed by atoms with Gasteiger partial charge in [0.05, 0.1) is 0 Å². The minimum Gasteiger partial charge on any atom is -0.330 e. The van der Waals surface area contributed by atoms with Gasteiger partial charge < -0.3 is 5.73 Å². The van der Waals surface area contributed by atoms with E-state index in [0.29, 0.717) is 29.7 Å². The highest BCUT2D eigenvalue weighted by atomic mass is 35.5. The van der Waals surface area contributed by atoms with E-state index in [1.807, 2.05) is 25.1 Å². The maximum Gasteiger partial charge on any atom is 0.140 e. The molecule has 2 rings (SSSR count). The first-order valence-corrected chi connectivity index (χ1v) is 6.97. The van der Waals surface area contributed by atoms with E-state index in [0.717, 1.165) is 30.4 Å². The standard InChI is InChI=1S/C15H20ClNO/c1-10-5-6-11(14(16)7-10)8-15(18)13-4-2-3-12(13)9-17/h5-7,12-13H,2-4,8-9,17H2,1H3. The van der Waals surface area contributed by atoms with Crippen LogP contribution in [0.4, 0.5) is 0 Å². The summed E-state index contributed by atoms with van der Waals surface area (Å²) in [6.45, 7) is 2.62. The Morgan fingerprint density at radius 3 is 2.89 bits per heavy atom. The number of carbonyl (C=O) groups is 1. The molecular weight excluding hydrogens is 246 g/mol. The highest BCUT2D eigenvalue weighted by Crippen LogP contribution is 2.33. The lowest BCUT2D eigenvalue weighted by Crippen LogP contribution is -2.26. The van der Waals surface area contributed by atoms with E-state index in [9.17, 15) is 4.79 Å². The Morgan fingerprint density at radius 1 is 1.44 bits per heavy atom. The topological polar surface area (TPSA) is 43.1 Å². The van der Waals surface area contributed by atoms with E-state index in [1.54, 1.807) is 0 Å². The molecule has 0 bridgehead atoms. The highest BCUT2D eigenvalue weighted by molar-refractivity contribution is 6.31. The van der Waals surface area contributed by atoms with Crippen LogP contribution in [0.2, 0.25) is 5.02 Å². The number of carbonyl (C=O) groups excluding carboxylic acids is 1. The second kappa shape index (κ2) is 5.85. The van der Waals surface area contributed by atoms with E-state index in [1.165, 1.54) is 0 Å². The third-order valence-corrected chi connectivity index (χ3v) is 4.30. The maximum absolute atomic E-state index is 12.3. The smallest absolute Gasteiger partial charge is 0.140 e. The summed E-state index contributed by atoms with van der Waals surface area (Å²) in [5, 5.41) is 0.700. The van der Waals surface area contributed by atoms with Gasteiger partial charge in [-0.2, -0.15) is 0 Å². The van der Waals surface area contributed by atoms with Gasteiger partial charge in [-0.15, -0.1) is 0 Å². The summed E-state index contributed by atoms with van der Waals surface area (Å²) < 4.78 is 0. The molecule has 2 unspecified atom stereocenters. The van der Waals surface area contributed by atoms with Crippen molar-refractivity contribution in [1.82, 2.24) is 0 Å². The summed E-state index contributed by atoms with van der Waals surface area (Å²) in [4.78, 5) is 12.3. The molecule has 2 N–H and O–H groups in total. The van der Waals surface area contributed by atoms with Crippen LogP contribution in [0.15, 0.2) is 18.2 Å². The lowest BCUT2D eigenvalue weighted by atomic mass is 9.89. The zero-order valence-electron chi connectivity index (χ0n) is 10.8. The van der Waals surface area contributed by atoms with E-state index in [2.05, 4.69) is 0 Å². The summed E-state index contributed by atoms with van der Waals surface area (Å²) in [7, 11) is 0. The third-order valence-electron chi connectivity index (χ3n) is 3.95. The number of halogens is 1. The van der Waals surface area contributed by atoms with Crippen molar-refractivity contribution in [3.05, 3.63) is 34.3 Å². The van der Waals surface area contributed by atoms with Gasteiger partial charge in [0.25, 0.3) is 0 Å². The number of benzene rings is 1.